The molecule has 1 aliphatic heterocycles. The molecule has 4 rings (SSSR count). The van der Waals surface area contributed by atoms with Crippen LogP contribution in [0, 0.1) is 30.6 Å². The van der Waals surface area contributed by atoms with Gasteiger partial charge in [0.05, 0.1) is 17.5 Å². The van der Waals surface area contributed by atoms with Gasteiger partial charge in [0.25, 0.3) is 0 Å². The number of fused-ring (bicyclic) bond motifs is 5. The fraction of sp³-hybridized carbons (Fsp3) is 0.500. The molecule has 1 heterocycles. The van der Waals surface area contributed by atoms with Gasteiger partial charge < -0.3 is 0 Å². The molecular formula is C16H16BrNO2. The zero-order valence-electron chi connectivity index (χ0n) is 11.3. The monoisotopic (exact) mass is 333 g/mol. The van der Waals surface area contributed by atoms with Crippen molar-refractivity contribution >= 4 is 33.4 Å². The summed E-state index contributed by atoms with van der Waals surface area (Å²) in [4.78, 5) is 26.8. The number of amides is 2. The summed E-state index contributed by atoms with van der Waals surface area (Å²) in [5.74, 6) is 0.893. The van der Waals surface area contributed by atoms with Gasteiger partial charge in [-0.3, -0.25) is 14.5 Å². The number of imide groups is 1. The summed E-state index contributed by atoms with van der Waals surface area (Å²) < 4.78 is 1.00. The number of carbonyl (C=O) groups excluding carboxylic acids is 2. The Morgan fingerprint density at radius 2 is 1.70 bits per heavy atom. The fourth-order valence-electron chi connectivity index (χ4n) is 4.43. The van der Waals surface area contributed by atoms with Gasteiger partial charge in [-0.05, 0) is 61.8 Å². The standard InChI is InChI=1S/C16H16BrNO2/c1-8-6-11(4-5-12(8)17)18-15(19)13-9-2-3-10(7-9)14(13)16(18)20/h4-6,9-10,13-14H,2-3,7H2,1H3/t9-,10+,13-,14+. The minimum Gasteiger partial charge on any atom is -0.274 e. The first kappa shape index (κ1) is 12.6. The molecule has 2 bridgehead atoms. The van der Waals surface area contributed by atoms with Gasteiger partial charge in [0.15, 0.2) is 0 Å². The summed E-state index contributed by atoms with van der Waals surface area (Å²) in [6, 6.07) is 5.69. The van der Waals surface area contributed by atoms with Gasteiger partial charge in [0.2, 0.25) is 11.8 Å². The van der Waals surface area contributed by atoms with Crippen LogP contribution in [0.15, 0.2) is 22.7 Å². The number of halogens is 1. The Kier molecular flexibility index (Phi) is 2.62. The summed E-state index contributed by atoms with van der Waals surface area (Å²) in [5, 5.41) is 0. The van der Waals surface area contributed by atoms with Gasteiger partial charge in [-0.15, -0.1) is 0 Å². The van der Waals surface area contributed by atoms with Gasteiger partial charge in [0.1, 0.15) is 0 Å². The Labute approximate surface area is 126 Å². The Balaban J connectivity index is 1.74. The zero-order valence-corrected chi connectivity index (χ0v) is 12.9. The molecule has 2 amide bonds. The molecule has 3 nitrogen and oxygen atoms in total. The molecule has 104 valence electrons. The van der Waals surface area contributed by atoms with Gasteiger partial charge in [-0.1, -0.05) is 15.9 Å². The van der Waals surface area contributed by atoms with E-state index in [1.807, 2.05) is 25.1 Å². The molecular weight excluding hydrogens is 318 g/mol. The van der Waals surface area contributed by atoms with Crippen molar-refractivity contribution in [2.45, 2.75) is 26.2 Å². The maximum Gasteiger partial charge on any atom is 0.237 e. The number of carbonyl (C=O) groups is 2. The van der Waals surface area contributed by atoms with Crippen molar-refractivity contribution in [1.82, 2.24) is 0 Å². The van der Waals surface area contributed by atoms with Crippen LogP contribution < -0.4 is 4.90 Å². The van der Waals surface area contributed by atoms with Crippen molar-refractivity contribution in [1.29, 1.82) is 0 Å². The van der Waals surface area contributed by atoms with Crippen molar-refractivity contribution in [3.05, 3.63) is 28.2 Å². The predicted octanol–water partition coefficient (Wildman–Crippen LogP) is 3.29. The van der Waals surface area contributed by atoms with Crippen molar-refractivity contribution in [2.24, 2.45) is 23.7 Å². The molecule has 0 spiro atoms. The third-order valence-corrected chi connectivity index (χ3v) is 6.22. The first-order chi connectivity index (χ1) is 9.58. The maximum atomic E-state index is 12.7. The normalized spacial score (nSPS) is 35.0. The molecule has 2 aliphatic carbocycles. The number of benzene rings is 1. The van der Waals surface area contributed by atoms with Gasteiger partial charge in [-0.2, -0.15) is 0 Å². The van der Waals surface area contributed by atoms with E-state index in [0.717, 1.165) is 35.0 Å². The molecule has 0 unspecified atom stereocenters. The van der Waals surface area contributed by atoms with Crippen LogP contribution in [0.2, 0.25) is 0 Å². The molecule has 1 aromatic rings. The Morgan fingerprint density at radius 1 is 1.10 bits per heavy atom. The lowest BCUT2D eigenvalue weighted by Crippen LogP contribution is -2.32. The second-order valence-corrected chi connectivity index (χ2v) is 7.18. The molecule has 1 aromatic carbocycles. The summed E-state index contributed by atoms with van der Waals surface area (Å²) in [5.41, 5.74) is 1.78. The van der Waals surface area contributed by atoms with E-state index in [1.165, 1.54) is 4.90 Å². The number of anilines is 1. The Hall–Kier alpha value is -1.16. The molecule has 0 N–H and O–H groups in total. The summed E-state index contributed by atoms with van der Waals surface area (Å²) in [6.07, 6.45) is 3.33. The molecule has 1 saturated heterocycles. The van der Waals surface area contributed by atoms with Crippen LogP contribution in [0.3, 0.4) is 0 Å². The molecule has 3 aliphatic rings. The SMILES string of the molecule is Cc1cc(N2C(=O)[C@@H]3[C@@H]4CC[C@@H](C4)[C@@H]3C2=O)ccc1Br. The quantitative estimate of drug-likeness (QED) is 0.739. The average molecular weight is 334 g/mol. The van der Waals surface area contributed by atoms with Crippen molar-refractivity contribution < 1.29 is 9.59 Å². The molecule has 4 heteroatoms. The van der Waals surface area contributed by atoms with E-state index in [-0.39, 0.29) is 23.7 Å². The van der Waals surface area contributed by atoms with Crippen LogP contribution in [-0.2, 0) is 9.59 Å². The Bertz CT molecular complexity index is 599. The predicted molar refractivity (Wildman–Crippen MR) is 79.2 cm³/mol. The van der Waals surface area contributed by atoms with E-state index in [0.29, 0.717) is 11.8 Å². The topological polar surface area (TPSA) is 37.4 Å². The molecule has 3 fully saturated rings. The highest BCUT2D eigenvalue weighted by atomic mass is 79.9. The van der Waals surface area contributed by atoms with Crippen LogP contribution >= 0.6 is 15.9 Å². The summed E-state index contributed by atoms with van der Waals surface area (Å²) in [7, 11) is 0. The molecule has 2 saturated carbocycles. The van der Waals surface area contributed by atoms with E-state index in [1.54, 1.807) is 0 Å². The Morgan fingerprint density at radius 3 is 2.25 bits per heavy atom. The van der Waals surface area contributed by atoms with Gasteiger partial charge in [-0.25, -0.2) is 0 Å². The molecule has 20 heavy (non-hydrogen) atoms. The first-order valence-corrected chi connectivity index (χ1v) is 8.01. The van der Waals surface area contributed by atoms with E-state index in [2.05, 4.69) is 15.9 Å². The highest BCUT2D eigenvalue weighted by Crippen LogP contribution is 2.56. The molecule has 4 atom stereocenters. The number of aryl methyl sites for hydroxylation is 1. The van der Waals surface area contributed by atoms with Crippen molar-refractivity contribution in [3.8, 4) is 0 Å². The van der Waals surface area contributed by atoms with Crippen LogP contribution in [0.5, 0.6) is 0 Å². The lowest BCUT2D eigenvalue weighted by Gasteiger charge is -2.19. The third kappa shape index (κ3) is 1.51. The lowest BCUT2D eigenvalue weighted by molar-refractivity contribution is -0.123. The van der Waals surface area contributed by atoms with Crippen LogP contribution in [-0.4, -0.2) is 11.8 Å². The van der Waals surface area contributed by atoms with Crippen LogP contribution in [0.25, 0.3) is 0 Å². The van der Waals surface area contributed by atoms with E-state index >= 15 is 0 Å². The fourth-order valence-corrected chi connectivity index (χ4v) is 4.68. The second kappa shape index (κ2) is 4.17. The van der Waals surface area contributed by atoms with Gasteiger partial charge in [0, 0.05) is 4.47 Å². The van der Waals surface area contributed by atoms with Gasteiger partial charge >= 0.3 is 0 Å². The number of hydrogen-bond donors (Lipinski definition) is 0. The number of hydrogen-bond acceptors (Lipinski definition) is 2. The third-order valence-electron chi connectivity index (χ3n) is 5.33. The minimum absolute atomic E-state index is 0.0360. The highest BCUT2D eigenvalue weighted by molar-refractivity contribution is 9.10. The largest absolute Gasteiger partial charge is 0.274 e. The van der Waals surface area contributed by atoms with Crippen molar-refractivity contribution in [2.75, 3.05) is 4.90 Å². The number of nitrogens with zero attached hydrogens (tertiary/aromatic N) is 1. The van der Waals surface area contributed by atoms with E-state index in [4.69, 9.17) is 0 Å². The van der Waals surface area contributed by atoms with Crippen LogP contribution in [0.4, 0.5) is 5.69 Å². The van der Waals surface area contributed by atoms with Crippen molar-refractivity contribution in [3.63, 3.8) is 0 Å². The van der Waals surface area contributed by atoms with Crippen LogP contribution in [0.1, 0.15) is 24.8 Å². The maximum absolute atomic E-state index is 12.7. The molecule has 0 radical (unpaired) electrons. The van der Waals surface area contributed by atoms with E-state index in [9.17, 15) is 9.59 Å². The highest BCUT2D eigenvalue weighted by Gasteiger charge is 2.61. The van der Waals surface area contributed by atoms with E-state index < -0.39 is 0 Å². The second-order valence-electron chi connectivity index (χ2n) is 6.33. The zero-order chi connectivity index (χ0) is 14.0. The molecule has 0 aromatic heterocycles. The first-order valence-electron chi connectivity index (χ1n) is 7.22. The smallest absolute Gasteiger partial charge is 0.237 e. The minimum atomic E-state index is -0.0368. The average Bonchev–Trinajstić information content (AvgIpc) is 3.08. The summed E-state index contributed by atoms with van der Waals surface area (Å²) in [6.45, 7) is 1.98. The lowest BCUT2D eigenvalue weighted by atomic mass is 9.81. The number of rotatable bonds is 1. The summed E-state index contributed by atoms with van der Waals surface area (Å²) >= 11 is 3.46.